The van der Waals surface area contributed by atoms with Gasteiger partial charge in [-0.25, -0.2) is 9.78 Å². The molecule has 1 heterocycles. The van der Waals surface area contributed by atoms with Gasteiger partial charge in [-0.05, 0) is 42.7 Å². The Hall–Kier alpha value is -3.13. The first-order valence-electron chi connectivity index (χ1n) is 10.0. The largest absolute Gasteiger partial charge is 0.465 e. The second-order valence-corrected chi connectivity index (χ2v) is 8.36. The van der Waals surface area contributed by atoms with Crippen molar-refractivity contribution in [1.29, 1.82) is 0 Å². The Morgan fingerprint density at radius 2 is 1.90 bits per heavy atom. The fraction of sp³-hybridized carbons (Fsp3) is 0.304. The van der Waals surface area contributed by atoms with Gasteiger partial charge in [-0.1, -0.05) is 43.8 Å². The summed E-state index contributed by atoms with van der Waals surface area (Å²) < 4.78 is 6.26. The topological polar surface area (TPSA) is 90.3 Å². The third-order valence-electron chi connectivity index (χ3n) is 4.65. The van der Waals surface area contributed by atoms with Gasteiger partial charge in [0.1, 0.15) is 0 Å². The van der Waals surface area contributed by atoms with Crippen molar-refractivity contribution in [2.75, 3.05) is 19.4 Å². The van der Waals surface area contributed by atoms with Crippen molar-refractivity contribution in [3.05, 3.63) is 64.4 Å². The average Bonchev–Trinajstić information content (AvgIpc) is 2.77. The highest BCUT2D eigenvalue weighted by Gasteiger charge is 2.16. The van der Waals surface area contributed by atoms with E-state index in [9.17, 15) is 14.4 Å². The number of methoxy groups -OCH3 is 1. The van der Waals surface area contributed by atoms with E-state index in [0.717, 1.165) is 6.42 Å². The molecular formula is C23H25N3O4S. The Balaban J connectivity index is 1.99. The van der Waals surface area contributed by atoms with Crippen molar-refractivity contribution in [1.82, 2.24) is 14.9 Å². The van der Waals surface area contributed by atoms with E-state index in [1.54, 1.807) is 12.1 Å². The summed E-state index contributed by atoms with van der Waals surface area (Å²) in [4.78, 5) is 42.0. The predicted octanol–water partition coefficient (Wildman–Crippen LogP) is 3.43. The Labute approximate surface area is 184 Å². The van der Waals surface area contributed by atoms with Crippen LogP contribution in [0.5, 0.6) is 0 Å². The molecule has 8 heteroatoms. The van der Waals surface area contributed by atoms with Gasteiger partial charge >= 0.3 is 5.97 Å². The number of thioether (sulfide) groups is 1. The van der Waals surface area contributed by atoms with Crippen molar-refractivity contribution in [3.8, 4) is 5.69 Å². The fourth-order valence-corrected chi connectivity index (χ4v) is 3.84. The number of aromatic nitrogens is 2. The molecule has 3 rings (SSSR count). The quantitative estimate of drug-likeness (QED) is 0.329. The number of hydrogen-bond donors (Lipinski definition) is 1. The first-order chi connectivity index (χ1) is 14.9. The van der Waals surface area contributed by atoms with Gasteiger partial charge in [0.05, 0.1) is 35.0 Å². The molecule has 0 bridgehead atoms. The third-order valence-corrected chi connectivity index (χ3v) is 5.59. The maximum absolute atomic E-state index is 13.3. The molecule has 1 N–H and O–H groups in total. The number of rotatable bonds is 8. The number of fused-ring (bicyclic) bond motifs is 1. The van der Waals surface area contributed by atoms with Gasteiger partial charge in [-0.15, -0.1) is 0 Å². The number of carbonyl (C=O) groups is 2. The Kier molecular flexibility index (Phi) is 7.46. The van der Waals surface area contributed by atoms with Crippen LogP contribution in [0, 0.1) is 5.92 Å². The minimum absolute atomic E-state index is 0.122. The molecule has 31 heavy (non-hydrogen) atoms. The number of hydrogen-bond acceptors (Lipinski definition) is 6. The maximum atomic E-state index is 13.3. The molecule has 0 unspecified atom stereocenters. The van der Waals surface area contributed by atoms with Gasteiger partial charge in [0.25, 0.3) is 5.56 Å². The van der Waals surface area contributed by atoms with Crippen LogP contribution < -0.4 is 10.9 Å². The van der Waals surface area contributed by atoms with E-state index in [1.807, 2.05) is 30.3 Å². The van der Waals surface area contributed by atoms with Gasteiger partial charge in [0, 0.05) is 6.54 Å². The summed E-state index contributed by atoms with van der Waals surface area (Å²) in [5.74, 6) is -0.000461. The first kappa shape index (κ1) is 22.6. The molecule has 1 amide bonds. The highest BCUT2D eigenvalue weighted by Crippen LogP contribution is 2.22. The molecule has 7 nitrogen and oxygen atoms in total. The maximum Gasteiger partial charge on any atom is 0.337 e. The number of benzene rings is 2. The molecule has 0 saturated carbocycles. The number of ether oxygens (including phenoxy) is 1. The van der Waals surface area contributed by atoms with E-state index in [4.69, 9.17) is 4.74 Å². The highest BCUT2D eigenvalue weighted by atomic mass is 32.2. The van der Waals surface area contributed by atoms with Crippen molar-refractivity contribution in [2.45, 2.75) is 25.4 Å². The van der Waals surface area contributed by atoms with Crippen LogP contribution in [0.15, 0.2) is 58.5 Å². The van der Waals surface area contributed by atoms with Crippen LogP contribution in [0.4, 0.5) is 0 Å². The zero-order valence-corrected chi connectivity index (χ0v) is 18.6. The minimum atomic E-state index is -0.505. The molecule has 0 atom stereocenters. The van der Waals surface area contributed by atoms with E-state index < -0.39 is 5.97 Å². The van der Waals surface area contributed by atoms with Crippen LogP contribution in [0.3, 0.4) is 0 Å². The minimum Gasteiger partial charge on any atom is -0.465 e. The van der Waals surface area contributed by atoms with Gasteiger partial charge in [0.2, 0.25) is 5.91 Å². The van der Waals surface area contributed by atoms with Crippen LogP contribution in [0.2, 0.25) is 0 Å². The molecule has 2 aromatic carbocycles. The smallest absolute Gasteiger partial charge is 0.337 e. The van der Waals surface area contributed by atoms with Crippen LogP contribution in [0.1, 0.15) is 30.6 Å². The lowest BCUT2D eigenvalue weighted by Crippen LogP contribution is -2.28. The van der Waals surface area contributed by atoms with E-state index >= 15 is 0 Å². The summed E-state index contributed by atoms with van der Waals surface area (Å²) in [6.07, 6.45) is 0.898. The Morgan fingerprint density at radius 1 is 1.16 bits per heavy atom. The van der Waals surface area contributed by atoms with Crippen LogP contribution >= 0.6 is 11.8 Å². The van der Waals surface area contributed by atoms with E-state index in [0.29, 0.717) is 39.8 Å². The molecule has 1 aromatic heterocycles. The lowest BCUT2D eigenvalue weighted by molar-refractivity contribution is -0.118. The molecule has 0 aliphatic rings. The van der Waals surface area contributed by atoms with Gasteiger partial charge in [0.15, 0.2) is 5.16 Å². The lowest BCUT2D eigenvalue weighted by atomic mass is 10.1. The molecule has 0 aliphatic carbocycles. The van der Waals surface area contributed by atoms with E-state index in [2.05, 4.69) is 24.1 Å². The molecule has 162 valence electrons. The summed E-state index contributed by atoms with van der Waals surface area (Å²) >= 11 is 1.18. The van der Waals surface area contributed by atoms with E-state index in [-0.39, 0.29) is 17.2 Å². The highest BCUT2D eigenvalue weighted by molar-refractivity contribution is 7.99. The van der Waals surface area contributed by atoms with Gasteiger partial charge in [-0.3, -0.25) is 14.2 Å². The SMILES string of the molecule is COC(=O)c1ccc2c(=O)n(-c3ccccc3)c(SCC(=O)NCCC(C)C)nc2c1. The summed E-state index contributed by atoms with van der Waals surface area (Å²) in [6.45, 7) is 4.80. The second kappa shape index (κ2) is 10.3. The third kappa shape index (κ3) is 5.52. The molecule has 3 aromatic rings. The standard InChI is InChI=1S/C23H25N3O4S/c1-15(2)11-12-24-20(27)14-31-23-25-19-13-16(22(29)30-3)9-10-18(19)21(28)26(23)17-7-5-4-6-8-17/h4-10,13,15H,11-12,14H2,1-3H3,(H,24,27). The van der Waals surface area contributed by atoms with Crippen LogP contribution in [0.25, 0.3) is 16.6 Å². The number of carbonyl (C=O) groups excluding carboxylic acids is 2. The monoisotopic (exact) mass is 439 g/mol. The number of esters is 1. The van der Waals surface area contributed by atoms with Crippen molar-refractivity contribution >= 4 is 34.5 Å². The first-order valence-corrected chi connectivity index (χ1v) is 11.0. The van der Waals surface area contributed by atoms with Crippen molar-refractivity contribution in [3.63, 3.8) is 0 Å². The molecule has 0 saturated heterocycles. The normalized spacial score (nSPS) is 11.0. The number of para-hydroxylation sites is 1. The van der Waals surface area contributed by atoms with E-state index in [1.165, 1.54) is 29.5 Å². The zero-order valence-electron chi connectivity index (χ0n) is 17.8. The van der Waals surface area contributed by atoms with Gasteiger partial charge in [-0.2, -0.15) is 0 Å². The Bertz CT molecular complexity index is 1140. The molecule has 0 fully saturated rings. The number of nitrogens with one attached hydrogen (secondary N) is 1. The molecular weight excluding hydrogens is 414 g/mol. The number of nitrogens with zero attached hydrogens (tertiary/aromatic N) is 2. The molecule has 0 spiro atoms. The van der Waals surface area contributed by atoms with Crippen LogP contribution in [-0.4, -0.2) is 40.8 Å². The van der Waals surface area contributed by atoms with Crippen molar-refractivity contribution in [2.24, 2.45) is 5.92 Å². The van der Waals surface area contributed by atoms with Gasteiger partial charge < -0.3 is 10.1 Å². The second-order valence-electron chi connectivity index (χ2n) is 7.42. The van der Waals surface area contributed by atoms with Crippen molar-refractivity contribution < 1.29 is 14.3 Å². The molecule has 0 aliphatic heterocycles. The summed E-state index contributed by atoms with van der Waals surface area (Å²) in [6, 6.07) is 13.8. The molecule has 0 radical (unpaired) electrons. The van der Waals surface area contributed by atoms with Crippen LogP contribution in [-0.2, 0) is 9.53 Å². The summed E-state index contributed by atoms with van der Waals surface area (Å²) in [7, 11) is 1.30. The predicted molar refractivity (Wildman–Crippen MR) is 122 cm³/mol. The number of amides is 1. The average molecular weight is 440 g/mol. The lowest BCUT2D eigenvalue weighted by Gasteiger charge is -2.14. The Morgan fingerprint density at radius 3 is 2.58 bits per heavy atom. The zero-order chi connectivity index (χ0) is 22.4. The summed E-state index contributed by atoms with van der Waals surface area (Å²) in [5, 5.41) is 3.65. The fourth-order valence-electron chi connectivity index (χ4n) is 2.99. The summed E-state index contributed by atoms with van der Waals surface area (Å²) in [5.41, 5.74) is 1.07.